The predicted molar refractivity (Wildman–Crippen MR) is 75.7 cm³/mol. The van der Waals surface area contributed by atoms with Crippen molar-refractivity contribution in [2.45, 2.75) is 45.8 Å². The molecule has 0 saturated heterocycles. The Bertz CT molecular complexity index is 464. The number of hydrogen-bond acceptors (Lipinski definition) is 3. The van der Waals surface area contributed by atoms with Crippen LogP contribution in [0.2, 0.25) is 18.1 Å². The average molecular weight is 267 g/mol. The summed E-state index contributed by atoms with van der Waals surface area (Å²) >= 11 is 0. The van der Waals surface area contributed by atoms with Gasteiger partial charge in [-0.15, -0.1) is 0 Å². The van der Waals surface area contributed by atoms with Crippen molar-refractivity contribution in [3.05, 3.63) is 33.9 Å². The lowest BCUT2D eigenvalue weighted by molar-refractivity contribution is -0.385. The molecule has 1 aromatic rings. The molecule has 0 aliphatic rings. The molecule has 0 unspecified atom stereocenters. The van der Waals surface area contributed by atoms with Gasteiger partial charge >= 0.3 is 5.69 Å². The number of nitrogens with zero attached hydrogens (tertiary/aromatic N) is 1. The molecule has 0 aliphatic carbocycles. The minimum atomic E-state index is -2.04. The molecule has 0 atom stereocenters. The van der Waals surface area contributed by atoms with Crippen LogP contribution in [0.4, 0.5) is 5.69 Å². The van der Waals surface area contributed by atoms with E-state index in [2.05, 4.69) is 33.9 Å². The van der Waals surface area contributed by atoms with Crippen molar-refractivity contribution in [2.75, 3.05) is 0 Å². The fourth-order valence-corrected chi connectivity index (χ4v) is 2.31. The molecule has 0 aliphatic heterocycles. The molecule has 0 amide bonds. The van der Waals surface area contributed by atoms with Crippen molar-refractivity contribution in [1.29, 1.82) is 0 Å². The Morgan fingerprint density at radius 1 is 1.28 bits per heavy atom. The van der Waals surface area contributed by atoms with Gasteiger partial charge < -0.3 is 4.43 Å². The molecule has 1 rings (SSSR count). The third-order valence-corrected chi connectivity index (χ3v) is 7.83. The normalized spacial score (nSPS) is 12.3. The maximum Gasteiger partial charge on any atom is 0.309 e. The summed E-state index contributed by atoms with van der Waals surface area (Å²) in [5.74, 6) is 0.386. The topological polar surface area (TPSA) is 52.4 Å². The lowest BCUT2D eigenvalue weighted by Gasteiger charge is -2.36. The van der Waals surface area contributed by atoms with Crippen LogP contribution in [-0.2, 0) is 0 Å². The van der Waals surface area contributed by atoms with E-state index in [-0.39, 0.29) is 15.6 Å². The van der Waals surface area contributed by atoms with Crippen LogP contribution >= 0.6 is 0 Å². The highest BCUT2D eigenvalue weighted by atomic mass is 28.4. The van der Waals surface area contributed by atoms with Crippen molar-refractivity contribution >= 4 is 14.0 Å². The molecule has 5 heteroatoms. The van der Waals surface area contributed by atoms with Gasteiger partial charge in [0.1, 0.15) is 0 Å². The Labute approximate surface area is 109 Å². The van der Waals surface area contributed by atoms with E-state index in [4.69, 9.17) is 4.43 Å². The molecule has 0 radical (unpaired) electrons. The van der Waals surface area contributed by atoms with Crippen molar-refractivity contribution in [2.24, 2.45) is 0 Å². The smallest absolute Gasteiger partial charge is 0.309 e. The Kier molecular flexibility index (Phi) is 3.86. The molecular formula is C13H21NO3Si. The zero-order valence-electron chi connectivity index (χ0n) is 11.9. The van der Waals surface area contributed by atoms with Crippen LogP contribution in [0, 0.1) is 17.0 Å². The quantitative estimate of drug-likeness (QED) is 0.466. The minimum Gasteiger partial charge on any atom is -0.539 e. The Balaban J connectivity index is 3.16. The van der Waals surface area contributed by atoms with Crippen LogP contribution < -0.4 is 4.43 Å². The van der Waals surface area contributed by atoms with Crippen molar-refractivity contribution in [3.8, 4) is 5.75 Å². The van der Waals surface area contributed by atoms with E-state index in [1.54, 1.807) is 12.1 Å². The predicted octanol–water partition coefficient (Wildman–Crippen LogP) is 4.29. The molecule has 0 heterocycles. The van der Waals surface area contributed by atoms with Gasteiger partial charge in [-0.1, -0.05) is 26.8 Å². The summed E-state index contributed by atoms with van der Waals surface area (Å²) in [4.78, 5) is 10.7. The van der Waals surface area contributed by atoms with Gasteiger partial charge in [-0.2, -0.15) is 0 Å². The van der Waals surface area contributed by atoms with Crippen molar-refractivity contribution < 1.29 is 9.35 Å². The fraction of sp³-hybridized carbons (Fsp3) is 0.538. The molecule has 100 valence electrons. The van der Waals surface area contributed by atoms with E-state index in [1.807, 2.05) is 13.0 Å². The number of rotatable bonds is 3. The van der Waals surface area contributed by atoms with Gasteiger partial charge in [0.15, 0.2) is 5.75 Å². The summed E-state index contributed by atoms with van der Waals surface area (Å²) in [6.45, 7) is 12.3. The van der Waals surface area contributed by atoms with Crippen LogP contribution in [-0.4, -0.2) is 13.2 Å². The van der Waals surface area contributed by atoms with E-state index >= 15 is 0 Å². The summed E-state index contributed by atoms with van der Waals surface area (Å²) in [5.41, 5.74) is 0.920. The SMILES string of the molecule is Cc1ccc(O[Si](C)(C)C(C)(C)C)c([N+](=O)[O-])c1. The van der Waals surface area contributed by atoms with E-state index < -0.39 is 8.32 Å². The molecule has 0 aromatic heterocycles. The van der Waals surface area contributed by atoms with Gasteiger partial charge in [0.2, 0.25) is 0 Å². The first-order valence-electron chi connectivity index (χ1n) is 5.99. The minimum absolute atomic E-state index is 0.0196. The largest absolute Gasteiger partial charge is 0.539 e. The van der Waals surface area contributed by atoms with E-state index in [1.165, 1.54) is 0 Å². The zero-order chi connectivity index (χ0) is 14.1. The lowest BCUT2D eigenvalue weighted by Crippen LogP contribution is -2.44. The molecule has 4 nitrogen and oxygen atoms in total. The maximum atomic E-state index is 11.1. The van der Waals surface area contributed by atoms with Gasteiger partial charge in [0, 0.05) is 6.07 Å². The highest BCUT2D eigenvalue weighted by Crippen LogP contribution is 2.39. The van der Waals surface area contributed by atoms with Crippen molar-refractivity contribution in [3.63, 3.8) is 0 Å². The second-order valence-electron chi connectivity index (χ2n) is 6.09. The van der Waals surface area contributed by atoms with E-state index in [0.29, 0.717) is 5.75 Å². The van der Waals surface area contributed by atoms with Gasteiger partial charge in [-0.3, -0.25) is 10.1 Å². The Morgan fingerprint density at radius 2 is 1.83 bits per heavy atom. The average Bonchev–Trinajstić information content (AvgIpc) is 2.18. The second-order valence-corrected chi connectivity index (χ2v) is 10.8. The second kappa shape index (κ2) is 4.72. The molecule has 0 spiro atoms. The van der Waals surface area contributed by atoms with E-state index in [0.717, 1.165) is 5.56 Å². The molecule has 0 N–H and O–H groups in total. The van der Waals surface area contributed by atoms with Gasteiger partial charge in [-0.25, -0.2) is 0 Å². The summed E-state index contributed by atoms with van der Waals surface area (Å²) < 4.78 is 6.01. The fourth-order valence-electron chi connectivity index (χ4n) is 1.28. The molecule has 0 fully saturated rings. The maximum absolute atomic E-state index is 11.1. The van der Waals surface area contributed by atoms with Crippen LogP contribution in [0.25, 0.3) is 0 Å². The third-order valence-electron chi connectivity index (χ3n) is 3.48. The summed E-state index contributed by atoms with van der Waals surface area (Å²) in [7, 11) is -2.04. The number of hydrogen-bond donors (Lipinski definition) is 0. The Morgan fingerprint density at radius 3 is 2.28 bits per heavy atom. The number of benzene rings is 1. The van der Waals surface area contributed by atoms with Crippen LogP contribution in [0.3, 0.4) is 0 Å². The van der Waals surface area contributed by atoms with Gasteiger partial charge in [0.05, 0.1) is 4.92 Å². The molecular weight excluding hydrogens is 246 g/mol. The molecule has 0 saturated carbocycles. The van der Waals surface area contributed by atoms with Crippen LogP contribution in [0.15, 0.2) is 18.2 Å². The Hall–Kier alpha value is -1.36. The van der Waals surface area contributed by atoms with Gasteiger partial charge in [-0.05, 0) is 36.7 Å². The van der Waals surface area contributed by atoms with Crippen molar-refractivity contribution in [1.82, 2.24) is 0 Å². The monoisotopic (exact) mass is 267 g/mol. The van der Waals surface area contributed by atoms with Crippen LogP contribution in [0.1, 0.15) is 26.3 Å². The zero-order valence-corrected chi connectivity index (χ0v) is 12.9. The van der Waals surface area contributed by atoms with E-state index in [9.17, 15) is 10.1 Å². The first-order valence-corrected chi connectivity index (χ1v) is 8.89. The third kappa shape index (κ3) is 3.10. The first-order chi connectivity index (χ1) is 8.04. The summed E-state index contributed by atoms with van der Waals surface area (Å²) in [5, 5.41) is 11.1. The van der Waals surface area contributed by atoms with Gasteiger partial charge in [0.25, 0.3) is 8.32 Å². The standard InChI is InChI=1S/C13H21NO3Si/c1-10-7-8-12(11(9-10)14(15)16)17-18(5,6)13(2,3)4/h7-9H,1-6H3. The highest BCUT2D eigenvalue weighted by molar-refractivity contribution is 6.74. The first kappa shape index (κ1) is 14.7. The number of aryl methyl sites for hydroxylation is 1. The lowest BCUT2D eigenvalue weighted by atomic mass is 10.2. The molecule has 0 bridgehead atoms. The summed E-state index contributed by atoms with van der Waals surface area (Å²) in [6, 6.07) is 5.10. The molecule has 1 aromatic carbocycles. The molecule has 18 heavy (non-hydrogen) atoms. The number of nitro groups is 1. The number of nitro benzene ring substituents is 1. The highest BCUT2D eigenvalue weighted by Gasteiger charge is 2.40. The summed E-state index contributed by atoms with van der Waals surface area (Å²) in [6.07, 6.45) is 0. The van der Waals surface area contributed by atoms with Crippen LogP contribution in [0.5, 0.6) is 5.75 Å².